The van der Waals surface area contributed by atoms with Gasteiger partial charge in [-0.1, -0.05) is 12.5 Å². The summed E-state index contributed by atoms with van der Waals surface area (Å²) in [6.07, 6.45) is 10.4. The second-order valence-corrected chi connectivity index (χ2v) is 4.39. The van der Waals surface area contributed by atoms with E-state index >= 15 is 0 Å². The van der Waals surface area contributed by atoms with E-state index in [1.54, 1.807) is 0 Å². The minimum atomic E-state index is -0.190. The molecule has 0 radical (unpaired) electrons. The highest BCUT2D eigenvalue weighted by Gasteiger charge is 2.41. The summed E-state index contributed by atoms with van der Waals surface area (Å²) >= 11 is 0. The summed E-state index contributed by atoms with van der Waals surface area (Å²) in [6, 6.07) is 0. The molecule has 2 heteroatoms. The second kappa shape index (κ2) is 4.45. The lowest BCUT2D eigenvalue weighted by Gasteiger charge is -2.31. The first-order valence-electron chi connectivity index (χ1n) is 5.77. The molecule has 1 heterocycles. The van der Waals surface area contributed by atoms with Crippen molar-refractivity contribution in [2.24, 2.45) is 0 Å². The van der Waals surface area contributed by atoms with Crippen LogP contribution in [-0.4, -0.2) is 18.5 Å². The van der Waals surface area contributed by atoms with Crippen LogP contribution in [0, 0.1) is 0 Å². The summed E-state index contributed by atoms with van der Waals surface area (Å²) in [5, 5.41) is 0. The van der Waals surface area contributed by atoms with Crippen LogP contribution in [0.5, 0.6) is 0 Å². The summed E-state index contributed by atoms with van der Waals surface area (Å²) in [5.74, 6) is -0.190. The van der Waals surface area contributed by atoms with E-state index in [0.29, 0.717) is 6.10 Å². The summed E-state index contributed by atoms with van der Waals surface area (Å²) in [7, 11) is 0. The zero-order valence-corrected chi connectivity index (χ0v) is 8.84. The maximum atomic E-state index is 6.02. The van der Waals surface area contributed by atoms with Crippen LogP contribution in [0.15, 0.2) is 12.7 Å². The van der Waals surface area contributed by atoms with Gasteiger partial charge in [0, 0.05) is 12.8 Å². The molecular weight excluding hydrogens is 176 g/mol. The fourth-order valence-corrected chi connectivity index (χ4v) is 2.42. The van der Waals surface area contributed by atoms with Gasteiger partial charge in [0.25, 0.3) is 0 Å². The monoisotopic (exact) mass is 196 g/mol. The Kier molecular flexibility index (Phi) is 3.24. The zero-order valence-electron chi connectivity index (χ0n) is 8.84. The number of allylic oxidation sites excluding steroid dienone is 1. The van der Waals surface area contributed by atoms with Crippen LogP contribution in [0.2, 0.25) is 0 Å². The van der Waals surface area contributed by atoms with Gasteiger partial charge in [0.15, 0.2) is 5.79 Å². The minimum absolute atomic E-state index is 0.190. The maximum absolute atomic E-state index is 6.02. The standard InChI is InChI=1S/C12H20O2/c1-2-3-7-11-10-13-12(14-11)8-5-4-6-9-12/h2,11H,1,3-10H2. The molecule has 1 unspecified atom stereocenters. The predicted octanol–water partition coefficient (Wildman–Crippen LogP) is 3.03. The number of hydrogen-bond acceptors (Lipinski definition) is 2. The quantitative estimate of drug-likeness (QED) is 0.646. The van der Waals surface area contributed by atoms with Gasteiger partial charge in [-0.05, 0) is 25.7 Å². The lowest BCUT2D eigenvalue weighted by molar-refractivity contribution is -0.187. The largest absolute Gasteiger partial charge is 0.347 e. The molecule has 1 saturated heterocycles. The molecule has 0 bridgehead atoms. The van der Waals surface area contributed by atoms with Crippen molar-refractivity contribution in [1.29, 1.82) is 0 Å². The molecule has 0 aromatic rings. The van der Waals surface area contributed by atoms with Crippen LogP contribution in [0.1, 0.15) is 44.9 Å². The van der Waals surface area contributed by atoms with E-state index in [0.717, 1.165) is 32.3 Å². The highest BCUT2D eigenvalue weighted by Crippen LogP contribution is 2.38. The van der Waals surface area contributed by atoms with Gasteiger partial charge >= 0.3 is 0 Å². The Morgan fingerprint density at radius 2 is 2.07 bits per heavy atom. The molecule has 0 amide bonds. The van der Waals surface area contributed by atoms with Crippen molar-refractivity contribution in [1.82, 2.24) is 0 Å². The molecule has 0 N–H and O–H groups in total. The van der Waals surface area contributed by atoms with Crippen molar-refractivity contribution in [3.63, 3.8) is 0 Å². The third-order valence-corrected chi connectivity index (χ3v) is 3.22. The van der Waals surface area contributed by atoms with Crippen molar-refractivity contribution in [3.8, 4) is 0 Å². The van der Waals surface area contributed by atoms with Crippen LogP contribution in [0.3, 0.4) is 0 Å². The molecule has 1 spiro atoms. The third-order valence-electron chi connectivity index (χ3n) is 3.22. The smallest absolute Gasteiger partial charge is 0.168 e. The molecule has 2 rings (SSSR count). The van der Waals surface area contributed by atoms with Gasteiger partial charge in [-0.2, -0.15) is 0 Å². The van der Waals surface area contributed by atoms with Crippen molar-refractivity contribution >= 4 is 0 Å². The molecule has 1 aliphatic carbocycles. The molecule has 1 atom stereocenters. The highest BCUT2D eigenvalue weighted by molar-refractivity contribution is 4.83. The lowest BCUT2D eigenvalue weighted by atomic mass is 9.94. The molecule has 0 aromatic heterocycles. The second-order valence-electron chi connectivity index (χ2n) is 4.39. The van der Waals surface area contributed by atoms with Gasteiger partial charge in [0.05, 0.1) is 12.7 Å². The first-order chi connectivity index (χ1) is 6.85. The van der Waals surface area contributed by atoms with E-state index in [2.05, 4.69) is 6.58 Å². The fraction of sp³-hybridized carbons (Fsp3) is 0.833. The lowest BCUT2D eigenvalue weighted by Crippen LogP contribution is -2.33. The molecule has 2 nitrogen and oxygen atoms in total. The first-order valence-corrected chi connectivity index (χ1v) is 5.77. The van der Waals surface area contributed by atoms with E-state index in [1.807, 2.05) is 6.08 Å². The van der Waals surface area contributed by atoms with Crippen LogP contribution in [0.4, 0.5) is 0 Å². The molecule has 1 aliphatic heterocycles. The molecule has 14 heavy (non-hydrogen) atoms. The molecule has 1 saturated carbocycles. The van der Waals surface area contributed by atoms with Crippen molar-refractivity contribution in [2.75, 3.05) is 6.61 Å². The van der Waals surface area contributed by atoms with Crippen LogP contribution >= 0.6 is 0 Å². The number of ether oxygens (including phenoxy) is 2. The summed E-state index contributed by atoms with van der Waals surface area (Å²) in [6.45, 7) is 4.51. The van der Waals surface area contributed by atoms with E-state index in [4.69, 9.17) is 9.47 Å². The molecule has 2 fully saturated rings. The van der Waals surface area contributed by atoms with Crippen molar-refractivity contribution in [2.45, 2.75) is 56.8 Å². The van der Waals surface area contributed by atoms with Crippen LogP contribution in [0.25, 0.3) is 0 Å². The van der Waals surface area contributed by atoms with E-state index in [1.165, 1.54) is 19.3 Å². The highest BCUT2D eigenvalue weighted by atomic mass is 16.7. The Balaban J connectivity index is 1.82. The van der Waals surface area contributed by atoms with E-state index < -0.39 is 0 Å². The Morgan fingerprint density at radius 1 is 1.29 bits per heavy atom. The average Bonchev–Trinajstić information content (AvgIpc) is 2.60. The maximum Gasteiger partial charge on any atom is 0.168 e. The van der Waals surface area contributed by atoms with E-state index in [-0.39, 0.29) is 5.79 Å². The molecule has 2 aliphatic rings. The minimum Gasteiger partial charge on any atom is -0.347 e. The zero-order chi connectivity index (χ0) is 9.86. The van der Waals surface area contributed by atoms with Gasteiger partial charge in [-0.3, -0.25) is 0 Å². The molecule has 0 aromatic carbocycles. The molecular formula is C12H20O2. The number of hydrogen-bond donors (Lipinski definition) is 0. The van der Waals surface area contributed by atoms with Gasteiger partial charge in [-0.25, -0.2) is 0 Å². The fourth-order valence-electron chi connectivity index (χ4n) is 2.42. The predicted molar refractivity (Wildman–Crippen MR) is 56.1 cm³/mol. The van der Waals surface area contributed by atoms with Gasteiger partial charge in [-0.15, -0.1) is 6.58 Å². The third kappa shape index (κ3) is 2.18. The Labute approximate surface area is 86.3 Å². The van der Waals surface area contributed by atoms with Gasteiger partial charge in [0.2, 0.25) is 0 Å². The Morgan fingerprint density at radius 3 is 2.79 bits per heavy atom. The topological polar surface area (TPSA) is 18.5 Å². The molecule has 80 valence electrons. The van der Waals surface area contributed by atoms with E-state index in [9.17, 15) is 0 Å². The Bertz CT molecular complexity index is 194. The normalized spacial score (nSPS) is 30.7. The van der Waals surface area contributed by atoms with Crippen LogP contribution < -0.4 is 0 Å². The average molecular weight is 196 g/mol. The Hall–Kier alpha value is -0.340. The van der Waals surface area contributed by atoms with Crippen molar-refractivity contribution in [3.05, 3.63) is 12.7 Å². The summed E-state index contributed by atoms with van der Waals surface area (Å²) in [4.78, 5) is 0. The van der Waals surface area contributed by atoms with Crippen molar-refractivity contribution < 1.29 is 9.47 Å². The number of rotatable bonds is 3. The first kappa shape index (κ1) is 10.2. The van der Waals surface area contributed by atoms with Gasteiger partial charge < -0.3 is 9.47 Å². The summed E-state index contributed by atoms with van der Waals surface area (Å²) < 4.78 is 11.9. The summed E-state index contributed by atoms with van der Waals surface area (Å²) in [5.41, 5.74) is 0. The SMILES string of the molecule is C=CCCC1COC2(CCCCC2)O1. The van der Waals surface area contributed by atoms with Gasteiger partial charge in [0.1, 0.15) is 0 Å². The van der Waals surface area contributed by atoms with Crippen LogP contribution in [-0.2, 0) is 9.47 Å².